The van der Waals surface area contributed by atoms with Crippen LogP contribution in [0.3, 0.4) is 0 Å². The first-order chi connectivity index (χ1) is 7.71. The fourth-order valence-corrected chi connectivity index (χ4v) is 1.70. The van der Waals surface area contributed by atoms with Crippen molar-refractivity contribution < 1.29 is 14.3 Å². The molecule has 0 N–H and O–H groups in total. The van der Waals surface area contributed by atoms with Gasteiger partial charge in [-0.2, -0.15) is 0 Å². The Morgan fingerprint density at radius 1 is 1.24 bits per heavy atom. The standard InChI is InChI=1S/C14H26O3/c1-13(2,3)11(15)7-6-8-12-16-9-14(4,5)10-17-12/h12H,6-10H2,1-5H3. The van der Waals surface area contributed by atoms with Crippen LogP contribution in [0, 0.1) is 10.8 Å². The van der Waals surface area contributed by atoms with Crippen LogP contribution >= 0.6 is 0 Å². The Labute approximate surface area is 105 Å². The minimum absolute atomic E-state index is 0.115. The largest absolute Gasteiger partial charge is 0.352 e. The van der Waals surface area contributed by atoms with E-state index in [4.69, 9.17) is 9.47 Å². The number of hydrogen-bond donors (Lipinski definition) is 0. The van der Waals surface area contributed by atoms with Crippen LogP contribution in [-0.2, 0) is 14.3 Å². The van der Waals surface area contributed by atoms with E-state index in [-0.39, 0.29) is 17.1 Å². The Bertz CT molecular complexity index is 253. The molecule has 0 bridgehead atoms. The molecule has 0 saturated carbocycles. The van der Waals surface area contributed by atoms with Gasteiger partial charge in [-0.05, 0) is 12.8 Å². The summed E-state index contributed by atoms with van der Waals surface area (Å²) < 4.78 is 11.3. The summed E-state index contributed by atoms with van der Waals surface area (Å²) in [5, 5.41) is 0. The fraction of sp³-hybridized carbons (Fsp3) is 0.929. The lowest BCUT2D eigenvalue weighted by molar-refractivity contribution is -0.224. The van der Waals surface area contributed by atoms with Crippen LogP contribution in [0.4, 0.5) is 0 Å². The van der Waals surface area contributed by atoms with E-state index in [1.165, 1.54) is 0 Å². The summed E-state index contributed by atoms with van der Waals surface area (Å²) in [6.07, 6.45) is 2.17. The maximum Gasteiger partial charge on any atom is 0.157 e. The molecule has 0 aromatic rings. The summed E-state index contributed by atoms with van der Waals surface area (Å²) in [5.41, 5.74) is -0.103. The maximum atomic E-state index is 11.7. The minimum Gasteiger partial charge on any atom is -0.352 e. The number of ketones is 1. The van der Waals surface area contributed by atoms with Gasteiger partial charge in [-0.25, -0.2) is 0 Å². The Balaban J connectivity index is 2.19. The summed E-state index contributed by atoms with van der Waals surface area (Å²) >= 11 is 0. The molecule has 17 heavy (non-hydrogen) atoms. The molecule has 1 aliphatic rings. The van der Waals surface area contributed by atoms with E-state index in [0.717, 1.165) is 26.1 Å². The Morgan fingerprint density at radius 2 is 1.76 bits per heavy atom. The monoisotopic (exact) mass is 242 g/mol. The summed E-state index contributed by atoms with van der Waals surface area (Å²) in [4.78, 5) is 11.7. The summed E-state index contributed by atoms with van der Waals surface area (Å²) in [5.74, 6) is 0.314. The molecule has 0 spiro atoms. The lowest BCUT2D eigenvalue weighted by atomic mass is 9.88. The molecule has 3 heteroatoms. The van der Waals surface area contributed by atoms with Crippen LogP contribution < -0.4 is 0 Å². The van der Waals surface area contributed by atoms with Crippen molar-refractivity contribution in [3.63, 3.8) is 0 Å². The van der Waals surface area contributed by atoms with Gasteiger partial charge in [-0.1, -0.05) is 34.6 Å². The number of hydrogen-bond acceptors (Lipinski definition) is 3. The second-order valence-corrected chi connectivity index (χ2v) is 6.78. The predicted molar refractivity (Wildman–Crippen MR) is 67.8 cm³/mol. The maximum absolute atomic E-state index is 11.7. The number of carbonyl (C=O) groups is 1. The van der Waals surface area contributed by atoms with Crippen molar-refractivity contribution in [2.24, 2.45) is 10.8 Å². The third-order valence-corrected chi connectivity index (χ3v) is 3.00. The van der Waals surface area contributed by atoms with E-state index in [1.54, 1.807) is 0 Å². The Hall–Kier alpha value is -0.410. The average Bonchev–Trinajstić information content (AvgIpc) is 2.19. The molecule has 0 aliphatic carbocycles. The highest BCUT2D eigenvalue weighted by molar-refractivity contribution is 5.83. The molecule has 100 valence electrons. The van der Waals surface area contributed by atoms with Crippen molar-refractivity contribution in [3.8, 4) is 0 Å². The molecule has 0 aromatic carbocycles. The zero-order valence-corrected chi connectivity index (χ0v) is 11.8. The quantitative estimate of drug-likeness (QED) is 0.759. The van der Waals surface area contributed by atoms with Gasteiger partial charge >= 0.3 is 0 Å². The third-order valence-electron chi connectivity index (χ3n) is 3.00. The van der Waals surface area contributed by atoms with Crippen LogP contribution in [-0.4, -0.2) is 25.3 Å². The van der Waals surface area contributed by atoms with Crippen LogP contribution in [0.15, 0.2) is 0 Å². The lowest BCUT2D eigenvalue weighted by Gasteiger charge is -2.34. The predicted octanol–water partition coefficient (Wildman–Crippen LogP) is 3.17. The minimum atomic E-state index is -0.226. The normalized spacial score (nSPS) is 21.5. The first-order valence-corrected chi connectivity index (χ1v) is 6.47. The van der Waals surface area contributed by atoms with Crippen molar-refractivity contribution in [1.29, 1.82) is 0 Å². The van der Waals surface area contributed by atoms with Gasteiger partial charge in [0.25, 0.3) is 0 Å². The third kappa shape index (κ3) is 5.17. The van der Waals surface area contributed by atoms with E-state index >= 15 is 0 Å². The van der Waals surface area contributed by atoms with Crippen molar-refractivity contribution in [3.05, 3.63) is 0 Å². The molecule has 0 aromatic heterocycles. The summed E-state index contributed by atoms with van der Waals surface area (Å²) in [7, 11) is 0. The highest BCUT2D eigenvalue weighted by atomic mass is 16.7. The van der Waals surface area contributed by atoms with Gasteiger partial charge in [0.1, 0.15) is 5.78 Å². The highest BCUT2D eigenvalue weighted by Gasteiger charge is 2.28. The zero-order chi connectivity index (χ0) is 13.1. The molecule has 0 radical (unpaired) electrons. The molecule has 1 heterocycles. The van der Waals surface area contributed by atoms with Crippen molar-refractivity contribution in [2.75, 3.05) is 13.2 Å². The molecular formula is C14H26O3. The van der Waals surface area contributed by atoms with E-state index < -0.39 is 0 Å². The first kappa shape index (κ1) is 14.7. The van der Waals surface area contributed by atoms with Crippen LogP contribution in [0.5, 0.6) is 0 Å². The van der Waals surface area contributed by atoms with Crippen molar-refractivity contribution >= 4 is 5.78 Å². The SMILES string of the molecule is CC1(C)COC(CCCC(=O)C(C)(C)C)OC1. The van der Waals surface area contributed by atoms with Gasteiger partial charge in [0, 0.05) is 17.3 Å². The van der Waals surface area contributed by atoms with Gasteiger partial charge in [0.2, 0.25) is 0 Å². The fourth-order valence-electron chi connectivity index (χ4n) is 1.70. The number of carbonyl (C=O) groups excluding carboxylic acids is 1. The Kier molecular flexibility index (Phi) is 4.73. The lowest BCUT2D eigenvalue weighted by Crippen LogP contribution is -2.37. The van der Waals surface area contributed by atoms with Crippen molar-refractivity contribution in [2.45, 2.75) is 60.2 Å². The molecule has 0 atom stereocenters. The highest BCUT2D eigenvalue weighted by Crippen LogP contribution is 2.25. The second kappa shape index (κ2) is 5.49. The van der Waals surface area contributed by atoms with E-state index in [0.29, 0.717) is 12.2 Å². The van der Waals surface area contributed by atoms with Gasteiger partial charge in [-0.3, -0.25) is 4.79 Å². The number of Topliss-reactive ketones (excluding diaryl/α,β-unsaturated/α-hetero) is 1. The topological polar surface area (TPSA) is 35.5 Å². The van der Waals surface area contributed by atoms with Gasteiger partial charge in [0.15, 0.2) is 6.29 Å². The molecule has 1 aliphatic heterocycles. The van der Waals surface area contributed by atoms with Gasteiger partial charge < -0.3 is 9.47 Å². The van der Waals surface area contributed by atoms with Crippen LogP contribution in [0.1, 0.15) is 53.9 Å². The number of rotatable bonds is 4. The summed E-state index contributed by atoms with van der Waals surface area (Å²) in [6, 6.07) is 0. The smallest absolute Gasteiger partial charge is 0.157 e. The molecule has 1 fully saturated rings. The van der Waals surface area contributed by atoms with E-state index in [1.807, 2.05) is 20.8 Å². The van der Waals surface area contributed by atoms with Gasteiger partial charge in [-0.15, -0.1) is 0 Å². The summed E-state index contributed by atoms with van der Waals surface area (Å²) in [6.45, 7) is 11.6. The molecule has 0 amide bonds. The zero-order valence-electron chi connectivity index (χ0n) is 11.8. The number of ether oxygens (including phenoxy) is 2. The molecule has 0 unspecified atom stereocenters. The molecular weight excluding hydrogens is 216 g/mol. The van der Waals surface area contributed by atoms with Crippen LogP contribution in [0.25, 0.3) is 0 Å². The van der Waals surface area contributed by atoms with Crippen LogP contribution in [0.2, 0.25) is 0 Å². The van der Waals surface area contributed by atoms with Crippen molar-refractivity contribution in [1.82, 2.24) is 0 Å². The van der Waals surface area contributed by atoms with E-state index in [2.05, 4.69) is 13.8 Å². The van der Waals surface area contributed by atoms with E-state index in [9.17, 15) is 4.79 Å². The molecule has 1 rings (SSSR count). The average molecular weight is 242 g/mol. The van der Waals surface area contributed by atoms with Gasteiger partial charge in [0.05, 0.1) is 13.2 Å². The first-order valence-electron chi connectivity index (χ1n) is 6.47. The Morgan fingerprint density at radius 3 is 2.24 bits per heavy atom. The second-order valence-electron chi connectivity index (χ2n) is 6.78. The molecule has 3 nitrogen and oxygen atoms in total. The molecule has 1 saturated heterocycles.